The summed E-state index contributed by atoms with van der Waals surface area (Å²) in [5, 5.41) is 11.2. The number of amides is 1. The number of nitriles is 1. The number of benzene rings is 2. The van der Waals surface area contributed by atoms with E-state index in [0.29, 0.717) is 10.6 Å². The van der Waals surface area contributed by atoms with E-state index in [9.17, 15) is 18.0 Å². The minimum Gasteiger partial charge on any atom is -0.452 e. The van der Waals surface area contributed by atoms with Gasteiger partial charge in [-0.25, -0.2) is 17.9 Å². The molecule has 2 rings (SSSR count). The van der Waals surface area contributed by atoms with Gasteiger partial charge >= 0.3 is 5.97 Å². The van der Waals surface area contributed by atoms with Crippen molar-refractivity contribution < 1.29 is 22.7 Å². The van der Waals surface area contributed by atoms with Crippen LogP contribution in [0.15, 0.2) is 52.3 Å². The zero-order valence-electron chi connectivity index (χ0n) is 15.1. The molecule has 0 unspecified atom stereocenters. The largest absolute Gasteiger partial charge is 0.452 e. The lowest BCUT2D eigenvalue weighted by molar-refractivity contribution is -0.119. The first-order valence-corrected chi connectivity index (χ1v) is 10.9. The lowest BCUT2D eigenvalue weighted by Gasteiger charge is -2.11. The summed E-state index contributed by atoms with van der Waals surface area (Å²) >= 11 is 7.13. The number of esters is 1. The second-order valence-corrected chi connectivity index (χ2v) is 8.70. The number of carbonyl (C=O) groups is 2. The molecule has 0 fully saturated rings. The van der Waals surface area contributed by atoms with Gasteiger partial charge in [0.15, 0.2) is 6.61 Å². The van der Waals surface area contributed by atoms with Gasteiger partial charge in [0, 0.05) is 4.90 Å². The molecular formula is C18H16ClN3O5S2. The Morgan fingerprint density at radius 2 is 1.97 bits per heavy atom. The van der Waals surface area contributed by atoms with Gasteiger partial charge in [0.25, 0.3) is 5.91 Å². The molecule has 2 aromatic rings. The van der Waals surface area contributed by atoms with Gasteiger partial charge in [-0.05, 0) is 37.4 Å². The van der Waals surface area contributed by atoms with E-state index in [0.717, 1.165) is 6.07 Å². The first-order valence-electron chi connectivity index (χ1n) is 8.07. The number of anilines is 1. The number of para-hydroxylation sites is 1. The molecule has 29 heavy (non-hydrogen) atoms. The second-order valence-electron chi connectivity index (χ2n) is 5.42. The summed E-state index contributed by atoms with van der Waals surface area (Å²) in [6.45, 7) is -0.577. The van der Waals surface area contributed by atoms with Crippen molar-refractivity contribution in [1.82, 2.24) is 4.72 Å². The minimum absolute atomic E-state index is 0.0554. The molecule has 0 atom stereocenters. The van der Waals surface area contributed by atoms with Gasteiger partial charge < -0.3 is 10.1 Å². The van der Waals surface area contributed by atoms with Crippen molar-refractivity contribution in [2.45, 2.75) is 9.79 Å². The summed E-state index contributed by atoms with van der Waals surface area (Å²) in [5.41, 5.74) is 0.420. The Labute approximate surface area is 177 Å². The van der Waals surface area contributed by atoms with E-state index < -0.39 is 28.5 Å². The number of hydrogen-bond acceptors (Lipinski definition) is 7. The molecule has 0 aliphatic rings. The van der Waals surface area contributed by atoms with Gasteiger partial charge in [0.2, 0.25) is 10.0 Å². The molecule has 2 aromatic carbocycles. The van der Waals surface area contributed by atoms with Crippen molar-refractivity contribution in [2.75, 3.05) is 24.7 Å². The summed E-state index contributed by atoms with van der Waals surface area (Å²) in [5.74, 6) is -1.24. The Hall–Kier alpha value is -2.58. The molecule has 0 aromatic heterocycles. The number of thioether (sulfide) groups is 1. The van der Waals surface area contributed by atoms with E-state index in [1.165, 1.54) is 30.9 Å². The van der Waals surface area contributed by atoms with E-state index in [4.69, 9.17) is 21.6 Å². The molecule has 0 saturated heterocycles. The average molecular weight is 454 g/mol. The van der Waals surface area contributed by atoms with E-state index in [1.807, 2.05) is 6.07 Å². The molecule has 1 amide bonds. The summed E-state index contributed by atoms with van der Waals surface area (Å²) in [6.07, 6.45) is 0. The van der Waals surface area contributed by atoms with Crippen LogP contribution >= 0.6 is 23.4 Å². The van der Waals surface area contributed by atoms with Crippen molar-refractivity contribution in [3.8, 4) is 6.07 Å². The molecule has 0 saturated carbocycles. The fourth-order valence-electron chi connectivity index (χ4n) is 2.15. The highest BCUT2D eigenvalue weighted by Crippen LogP contribution is 2.26. The van der Waals surface area contributed by atoms with E-state index in [2.05, 4.69) is 10.0 Å². The molecule has 11 heteroatoms. The maximum absolute atomic E-state index is 12.2. The number of rotatable bonds is 8. The zero-order valence-corrected chi connectivity index (χ0v) is 17.5. The molecule has 0 bridgehead atoms. The van der Waals surface area contributed by atoms with Crippen LogP contribution in [0.4, 0.5) is 5.69 Å². The number of hydrogen-bond donors (Lipinski definition) is 2. The molecule has 0 aliphatic heterocycles. The molecule has 0 spiro atoms. The quantitative estimate of drug-likeness (QED) is 0.464. The van der Waals surface area contributed by atoms with Crippen molar-refractivity contribution >= 4 is 50.9 Å². The predicted molar refractivity (Wildman–Crippen MR) is 109 cm³/mol. The molecule has 2 N–H and O–H groups in total. The molecule has 0 aliphatic carbocycles. The predicted octanol–water partition coefficient (Wildman–Crippen LogP) is 2.66. The average Bonchev–Trinajstić information content (AvgIpc) is 2.71. The Morgan fingerprint density at radius 3 is 2.66 bits per heavy atom. The maximum Gasteiger partial charge on any atom is 0.338 e. The Balaban J connectivity index is 2.04. The Morgan fingerprint density at radius 1 is 1.24 bits per heavy atom. The van der Waals surface area contributed by atoms with Crippen LogP contribution in [0.3, 0.4) is 0 Å². The van der Waals surface area contributed by atoms with Crippen LogP contribution < -0.4 is 10.0 Å². The number of sulfonamides is 1. The standard InChI is InChI=1S/C18H16ClN3O5S2/c1-21-29(25,26)16-10-12(6-7-13(16)19)18(24)27-11-17(23)22-14-4-2-3-5-15(14)28-9-8-20/h2-7,10,21H,9,11H2,1H3,(H,22,23). The maximum atomic E-state index is 12.2. The molecule has 152 valence electrons. The highest BCUT2D eigenvalue weighted by atomic mass is 35.5. The highest BCUT2D eigenvalue weighted by Gasteiger charge is 2.19. The number of nitrogens with one attached hydrogen (secondary N) is 2. The second kappa shape index (κ2) is 10.3. The number of halogens is 1. The summed E-state index contributed by atoms with van der Waals surface area (Å²) in [7, 11) is -2.65. The third kappa shape index (κ3) is 6.20. The van der Waals surface area contributed by atoms with Gasteiger partial charge in [-0.1, -0.05) is 23.7 Å². The van der Waals surface area contributed by atoms with Crippen LogP contribution in [-0.4, -0.2) is 39.7 Å². The van der Waals surface area contributed by atoms with Crippen LogP contribution in [0, 0.1) is 11.3 Å². The Bertz CT molecular complexity index is 1070. The normalized spacial score (nSPS) is 10.8. The lowest BCUT2D eigenvalue weighted by atomic mass is 10.2. The fraction of sp³-hybridized carbons (Fsp3) is 0.167. The van der Waals surface area contributed by atoms with Crippen molar-refractivity contribution in [3.05, 3.63) is 53.1 Å². The third-order valence-corrected chi connectivity index (χ3v) is 6.35. The zero-order chi connectivity index (χ0) is 21.4. The molecule has 0 heterocycles. The van der Waals surface area contributed by atoms with Gasteiger partial charge in [0.05, 0.1) is 28.1 Å². The SMILES string of the molecule is CNS(=O)(=O)c1cc(C(=O)OCC(=O)Nc2ccccc2SCC#N)ccc1Cl. The van der Waals surface area contributed by atoms with Crippen LogP contribution in [0.2, 0.25) is 5.02 Å². The van der Waals surface area contributed by atoms with Gasteiger partial charge in [-0.2, -0.15) is 5.26 Å². The summed E-state index contributed by atoms with van der Waals surface area (Å²) < 4.78 is 30.9. The van der Waals surface area contributed by atoms with Crippen LogP contribution in [-0.2, 0) is 19.6 Å². The van der Waals surface area contributed by atoms with Crippen molar-refractivity contribution in [3.63, 3.8) is 0 Å². The van der Waals surface area contributed by atoms with E-state index in [-0.39, 0.29) is 21.2 Å². The monoisotopic (exact) mass is 453 g/mol. The van der Waals surface area contributed by atoms with Crippen LogP contribution in [0.25, 0.3) is 0 Å². The smallest absolute Gasteiger partial charge is 0.338 e. The summed E-state index contributed by atoms with van der Waals surface area (Å²) in [4.78, 5) is 24.7. The topological polar surface area (TPSA) is 125 Å². The fourth-order valence-corrected chi connectivity index (χ4v) is 4.07. The van der Waals surface area contributed by atoms with Crippen molar-refractivity contribution in [1.29, 1.82) is 5.26 Å². The van der Waals surface area contributed by atoms with Crippen LogP contribution in [0.1, 0.15) is 10.4 Å². The highest BCUT2D eigenvalue weighted by molar-refractivity contribution is 7.99. The number of carbonyl (C=O) groups excluding carboxylic acids is 2. The van der Waals surface area contributed by atoms with Crippen molar-refractivity contribution in [2.24, 2.45) is 0 Å². The molecule has 8 nitrogen and oxygen atoms in total. The van der Waals surface area contributed by atoms with Gasteiger partial charge in [0.1, 0.15) is 4.90 Å². The number of nitrogens with zero attached hydrogens (tertiary/aromatic N) is 1. The first kappa shape index (κ1) is 22.7. The van der Waals surface area contributed by atoms with E-state index >= 15 is 0 Å². The summed E-state index contributed by atoms with van der Waals surface area (Å²) in [6, 6.07) is 12.5. The van der Waals surface area contributed by atoms with Gasteiger partial charge in [-0.15, -0.1) is 11.8 Å². The minimum atomic E-state index is -3.86. The number of ether oxygens (including phenoxy) is 1. The lowest BCUT2D eigenvalue weighted by Crippen LogP contribution is -2.22. The van der Waals surface area contributed by atoms with Crippen LogP contribution in [0.5, 0.6) is 0 Å². The Kier molecular flexibility index (Phi) is 8.04. The molecular weight excluding hydrogens is 438 g/mol. The third-order valence-electron chi connectivity index (χ3n) is 3.51. The molecule has 0 radical (unpaired) electrons. The first-order chi connectivity index (χ1) is 13.8. The van der Waals surface area contributed by atoms with Gasteiger partial charge in [-0.3, -0.25) is 4.79 Å². The van der Waals surface area contributed by atoms with E-state index in [1.54, 1.807) is 24.3 Å².